The molecule has 0 spiro atoms. The number of carbonyl (C=O) groups excluding carboxylic acids is 2. The third kappa shape index (κ3) is 6.20. The van der Waals surface area contributed by atoms with Gasteiger partial charge in [-0.3, -0.25) is 9.59 Å². The standard InChI is InChI=1S/C30H38F2N2O3/c1-18(29(37)33-17-21-13-22(31)16-23(32)14-21)24-9-11-30(3)12-10-25(19(2)27(30)28(24)36)34-26(35)15-20-7-5-4-6-8-20/h4-8,13-14,16,18-19,24-25,27-28,36H,9-12,15,17H2,1-3H3,(H,33,37)(H,34,35)/t18-,19+,24+,25-,27+,28-,30-/m0/s1. The molecule has 7 atom stereocenters. The van der Waals surface area contributed by atoms with E-state index < -0.39 is 23.7 Å². The molecular weight excluding hydrogens is 474 g/mol. The van der Waals surface area contributed by atoms with Gasteiger partial charge in [0, 0.05) is 24.6 Å². The van der Waals surface area contributed by atoms with E-state index in [-0.39, 0.29) is 47.6 Å². The third-order valence-corrected chi connectivity index (χ3v) is 8.89. The minimum atomic E-state index is -0.685. The third-order valence-electron chi connectivity index (χ3n) is 8.89. The van der Waals surface area contributed by atoms with Crippen LogP contribution in [0.25, 0.3) is 0 Å². The number of aliphatic hydroxyl groups excluding tert-OH is 1. The molecule has 2 aliphatic rings. The molecule has 3 N–H and O–H groups in total. The van der Waals surface area contributed by atoms with Crippen LogP contribution in [0.3, 0.4) is 0 Å². The van der Waals surface area contributed by atoms with E-state index in [1.54, 1.807) is 0 Å². The molecular formula is C30H38F2N2O3. The van der Waals surface area contributed by atoms with Crippen LogP contribution in [-0.2, 0) is 22.6 Å². The first kappa shape index (κ1) is 27.2. The summed E-state index contributed by atoms with van der Waals surface area (Å²) in [6, 6.07) is 12.8. The highest BCUT2D eigenvalue weighted by atomic mass is 19.1. The largest absolute Gasteiger partial charge is 0.392 e. The Balaban J connectivity index is 1.39. The van der Waals surface area contributed by atoms with Crippen molar-refractivity contribution in [3.05, 3.63) is 71.3 Å². The Morgan fingerprint density at radius 3 is 2.38 bits per heavy atom. The topological polar surface area (TPSA) is 78.4 Å². The molecule has 2 amide bonds. The van der Waals surface area contributed by atoms with Crippen LogP contribution >= 0.6 is 0 Å². The normalized spacial score (nSPS) is 30.2. The van der Waals surface area contributed by atoms with Crippen molar-refractivity contribution in [2.75, 3.05) is 0 Å². The van der Waals surface area contributed by atoms with Crippen molar-refractivity contribution in [2.24, 2.45) is 29.1 Å². The zero-order valence-corrected chi connectivity index (χ0v) is 21.8. The molecule has 2 saturated carbocycles. The summed E-state index contributed by atoms with van der Waals surface area (Å²) in [4.78, 5) is 25.7. The van der Waals surface area contributed by atoms with Crippen molar-refractivity contribution < 1.29 is 23.5 Å². The molecule has 0 unspecified atom stereocenters. The number of carbonyl (C=O) groups is 2. The second kappa shape index (κ2) is 11.3. The van der Waals surface area contributed by atoms with Crippen LogP contribution < -0.4 is 10.6 Å². The monoisotopic (exact) mass is 512 g/mol. The summed E-state index contributed by atoms with van der Waals surface area (Å²) >= 11 is 0. The minimum absolute atomic E-state index is 0.0185. The first-order valence-corrected chi connectivity index (χ1v) is 13.3. The summed E-state index contributed by atoms with van der Waals surface area (Å²) < 4.78 is 27.0. The van der Waals surface area contributed by atoms with E-state index in [1.165, 1.54) is 12.1 Å². The fourth-order valence-electron chi connectivity index (χ4n) is 6.79. The Hall–Kier alpha value is -2.80. The Morgan fingerprint density at radius 1 is 1.05 bits per heavy atom. The predicted octanol–water partition coefficient (Wildman–Crippen LogP) is 4.77. The number of hydrogen-bond acceptors (Lipinski definition) is 3. The fraction of sp³-hybridized carbons (Fsp3) is 0.533. The van der Waals surface area contributed by atoms with Crippen molar-refractivity contribution in [3.8, 4) is 0 Å². The second-order valence-electron chi connectivity index (χ2n) is 11.4. The quantitative estimate of drug-likeness (QED) is 0.500. The van der Waals surface area contributed by atoms with Gasteiger partial charge in [-0.25, -0.2) is 8.78 Å². The van der Waals surface area contributed by atoms with Crippen LogP contribution in [0.15, 0.2) is 48.5 Å². The van der Waals surface area contributed by atoms with Gasteiger partial charge in [-0.1, -0.05) is 51.1 Å². The first-order chi connectivity index (χ1) is 17.6. The molecule has 0 aromatic heterocycles. The highest BCUT2D eigenvalue weighted by molar-refractivity contribution is 5.79. The fourth-order valence-corrected chi connectivity index (χ4v) is 6.79. The number of halogens is 2. The maximum Gasteiger partial charge on any atom is 0.224 e. The Kier molecular flexibility index (Phi) is 8.32. The zero-order valence-electron chi connectivity index (χ0n) is 21.8. The Morgan fingerprint density at radius 2 is 1.70 bits per heavy atom. The predicted molar refractivity (Wildman–Crippen MR) is 138 cm³/mol. The lowest BCUT2D eigenvalue weighted by Gasteiger charge is -2.56. The van der Waals surface area contributed by atoms with Gasteiger partial charge in [-0.15, -0.1) is 0 Å². The Bertz CT molecular complexity index is 1090. The van der Waals surface area contributed by atoms with Gasteiger partial charge in [-0.05, 0) is 72.1 Å². The molecule has 0 heterocycles. The van der Waals surface area contributed by atoms with Crippen LogP contribution in [-0.4, -0.2) is 29.1 Å². The van der Waals surface area contributed by atoms with E-state index in [9.17, 15) is 23.5 Å². The summed E-state index contributed by atoms with van der Waals surface area (Å²) in [7, 11) is 0. The maximum atomic E-state index is 13.5. The number of rotatable bonds is 7. The van der Waals surface area contributed by atoms with Gasteiger partial charge in [0.05, 0.1) is 12.5 Å². The van der Waals surface area contributed by atoms with Crippen molar-refractivity contribution >= 4 is 11.8 Å². The summed E-state index contributed by atoms with van der Waals surface area (Å²) in [5.41, 5.74) is 1.27. The number of amides is 2. The van der Waals surface area contributed by atoms with Gasteiger partial charge < -0.3 is 15.7 Å². The van der Waals surface area contributed by atoms with Gasteiger partial charge in [-0.2, -0.15) is 0 Å². The van der Waals surface area contributed by atoms with Crippen molar-refractivity contribution in [2.45, 2.75) is 71.6 Å². The van der Waals surface area contributed by atoms with E-state index in [2.05, 4.69) is 24.5 Å². The lowest BCUT2D eigenvalue weighted by molar-refractivity contribution is -0.143. The molecule has 37 heavy (non-hydrogen) atoms. The van der Waals surface area contributed by atoms with E-state index in [1.807, 2.05) is 37.3 Å². The summed E-state index contributed by atoms with van der Waals surface area (Å²) in [5.74, 6) is -2.31. The highest BCUT2D eigenvalue weighted by Crippen LogP contribution is 2.55. The van der Waals surface area contributed by atoms with E-state index in [0.29, 0.717) is 12.0 Å². The van der Waals surface area contributed by atoms with E-state index >= 15 is 0 Å². The first-order valence-electron chi connectivity index (χ1n) is 13.3. The number of nitrogens with one attached hydrogen (secondary N) is 2. The van der Waals surface area contributed by atoms with Gasteiger partial charge in [0.15, 0.2) is 0 Å². The Labute approximate surface area is 218 Å². The second-order valence-corrected chi connectivity index (χ2v) is 11.4. The molecule has 200 valence electrons. The van der Waals surface area contributed by atoms with Crippen LogP contribution in [0.5, 0.6) is 0 Å². The molecule has 2 fully saturated rings. The van der Waals surface area contributed by atoms with E-state index in [0.717, 1.165) is 37.3 Å². The molecule has 5 nitrogen and oxygen atoms in total. The summed E-state index contributed by atoms with van der Waals surface area (Å²) in [5, 5.41) is 17.6. The van der Waals surface area contributed by atoms with Crippen LogP contribution in [0.2, 0.25) is 0 Å². The van der Waals surface area contributed by atoms with Crippen LogP contribution in [0.1, 0.15) is 57.6 Å². The number of hydrogen-bond donors (Lipinski definition) is 3. The zero-order chi connectivity index (χ0) is 26.7. The summed E-state index contributed by atoms with van der Waals surface area (Å²) in [6.07, 6.45) is 3.05. The summed E-state index contributed by atoms with van der Waals surface area (Å²) in [6.45, 7) is 6.15. The smallest absolute Gasteiger partial charge is 0.224 e. The minimum Gasteiger partial charge on any atom is -0.392 e. The van der Waals surface area contributed by atoms with Crippen molar-refractivity contribution in [1.82, 2.24) is 10.6 Å². The SMILES string of the molecule is C[C@H]1[C@@H]2[C@@H](O)[C@@H]([C@H](C)C(=O)NCc3cc(F)cc(F)c3)CC[C@@]2(C)CC[C@@H]1NC(=O)Cc1ccccc1. The van der Waals surface area contributed by atoms with Crippen LogP contribution in [0, 0.1) is 40.7 Å². The molecule has 2 aromatic rings. The van der Waals surface area contributed by atoms with Gasteiger partial charge in [0.1, 0.15) is 11.6 Å². The molecule has 7 heteroatoms. The lowest BCUT2D eigenvalue weighted by atomic mass is 9.51. The molecule has 2 aromatic carbocycles. The molecule has 0 bridgehead atoms. The lowest BCUT2D eigenvalue weighted by Crippen LogP contribution is -2.58. The molecule has 4 rings (SSSR count). The number of aliphatic hydroxyl groups is 1. The molecule has 0 radical (unpaired) electrons. The van der Waals surface area contributed by atoms with E-state index in [4.69, 9.17) is 0 Å². The van der Waals surface area contributed by atoms with Gasteiger partial charge in [0.2, 0.25) is 11.8 Å². The van der Waals surface area contributed by atoms with Gasteiger partial charge in [0.25, 0.3) is 0 Å². The van der Waals surface area contributed by atoms with Crippen molar-refractivity contribution in [1.29, 1.82) is 0 Å². The molecule has 2 aliphatic carbocycles. The van der Waals surface area contributed by atoms with Crippen molar-refractivity contribution in [3.63, 3.8) is 0 Å². The van der Waals surface area contributed by atoms with Gasteiger partial charge >= 0.3 is 0 Å². The highest BCUT2D eigenvalue weighted by Gasteiger charge is 2.53. The number of benzene rings is 2. The average molecular weight is 513 g/mol. The molecule has 0 aliphatic heterocycles. The average Bonchev–Trinajstić information content (AvgIpc) is 2.84. The maximum absolute atomic E-state index is 13.5. The molecule has 0 saturated heterocycles. The van der Waals surface area contributed by atoms with Crippen LogP contribution in [0.4, 0.5) is 8.78 Å². The number of fused-ring (bicyclic) bond motifs is 1.